The first-order valence-corrected chi connectivity index (χ1v) is 8.22. The lowest BCUT2D eigenvalue weighted by molar-refractivity contribution is 0.253. The molecule has 0 bridgehead atoms. The predicted molar refractivity (Wildman–Crippen MR) is 88.8 cm³/mol. The normalized spacial score (nSPS) is 22.7. The quantitative estimate of drug-likeness (QED) is 0.819. The molecule has 0 spiro atoms. The monoisotopic (exact) mass is 303 g/mol. The number of fused-ring (bicyclic) bond motifs is 1. The maximum atomic E-state index is 6.08. The summed E-state index contributed by atoms with van der Waals surface area (Å²) >= 11 is 6.08. The molecule has 0 saturated heterocycles. The number of nitrogens with zero attached hydrogens (tertiary/aromatic N) is 2. The van der Waals surface area contributed by atoms with Gasteiger partial charge >= 0.3 is 0 Å². The van der Waals surface area contributed by atoms with E-state index in [2.05, 4.69) is 35.2 Å². The molecule has 1 aromatic heterocycles. The van der Waals surface area contributed by atoms with Crippen molar-refractivity contribution in [3.05, 3.63) is 29.5 Å². The lowest BCUT2D eigenvalue weighted by Crippen LogP contribution is -2.35. The van der Waals surface area contributed by atoms with Gasteiger partial charge in [0.25, 0.3) is 0 Å². The van der Waals surface area contributed by atoms with E-state index < -0.39 is 0 Å². The molecular weight excluding hydrogens is 282 g/mol. The molecular formula is C17H22ClN3. The van der Waals surface area contributed by atoms with Crippen molar-refractivity contribution in [2.75, 3.05) is 5.32 Å². The molecule has 4 heteroatoms. The van der Waals surface area contributed by atoms with Crippen LogP contribution >= 0.6 is 11.6 Å². The van der Waals surface area contributed by atoms with Gasteiger partial charge in [-0.05, 0) is 48.4 Å². The fourth-order valence-corrected chi connectivity index (χ4v) is 3.65. The molecule has 2 atom stereocenters. The van der Waals surface area contributed by atoms with Crippen LogP contribution in [0.3, 0.4) is 0 Å². The minimum atomic E-state index is 0.313. The van der Waals surface area contributed by atoms with Gasteiger partial charge in [0.1, 0.15) is 5.82 Å². The Morgan fingerprint density at radius 3 is 2.71 bits per heavy atom. The van der Waals surface area contributed by atoms with Crippen molar-refractivity contribution in [2.45, 2.75) is 45.6 Å². The highest BCUT2D eigenvalue weighted by molar-refractivity contribution is 6.28. The smallest absolute Gasteiger partial charge is 0.224 e. The lowest BCUT2D eigenvalue weighted by atomic mass is 9.78. The molecule has 2 unspecified atom stereocenters. The standard InChI is InChI=1S/C17H22ClN3/c1-11(2)12-7-3-5-9-14(12)19-16-13-8-4-6-10-15(13)20-17(18)21-16/h4,6,8,10-12,14H,3,5,7,9H2,1-2H3,(H,19,20,21). The molecule has 1 N–H and O–H groups in total. The zero-order chi connectivity index (χ0) is 14.8. The molecule has 3 nitrogen and oxygen atoms in total. The summed E-state index contributed by atoms with van der Waals surface area (Å²) in [5.41, 5.74) is 0.900. The molecule has 112 valence electrons. The number of rotatable bonds is 3. The summed E-state index contributed by atoms with van der Waals surface area (Å²) in [6.45, 7) is 4.63. The molecule has 0 amide bonds. The lowest BCUT2D eigenvalue weighted by Gasteiger charge is -2.35. The van der Waals surface area contributed by atoms with Gasteiger partial charge in [-0.2, -0.15) is 0 Å². The fraction of sp³-hybridized carbons (Fsp3) is 0.529. The molecule has 2 aromatic rings. The summed E-state index contributed by atoms with van der Waals surface area (Å²) in [6.07, 6.45) is 5.13. The zero-order valence-electron chi connectivity index (χ0n) is 12.6. The number of hydrogen-bond acceptors (Lipinski definition) is 3. The van der Waals surface area contributed by atoms with Crippen LogP contribution in [0.2, 0.25) is 5.28 Å². The second-order valence-corrected chi connectivity index (χ2v) is 6.64. The molecule has 1 aromatic carbocycles. The molecule has 1 fully saturated rings. The van der Waals surface area contributed by atoms with Crippen LogP contribution in [0.5, 0.6) is 0 Å². The van der Waals surface area contributed by atoms with E-state index in [-0.39, 0.29) is 0 Å². The van der Waals surface area contributed by atoms with E-state index in [1.165, 1.54) is 25.7 Å². The highest BCUT2D eigenvalue weighted by Gasteiger charge is 2.28. The summed E-state index contributed by atoms with van der Waals surface area (Å²) < 4.78 is 0. The summed E-state index contributed by atoms with van der Waals surface area (Å²) in [5.74, 6) is 2.26. The first-order chi connectivity index (χ1) is 10.1. The van der Waals surface area contributed by atoms with Crippen LogP contribution in [0.25, 0.3) is 10.9 Å². The van der Waals surface area contributed by atoms with E-state index in [9.17, 15) is 0 Å². The van der Waals surface area contributed by atoms with Gasteiger partial charge in [-0.1, -0.05) is 38.8 Å². The van der Waals surface area contributed by atoms with Gasteiger partial charge in [0, 0.05) is 11.4 Å². The first-order valence-electron chi connectivity index (χ1n) is 7.84. The van der Waals surface area contributed by atoms with Crippen LogP contribution < -0.4 is 5.32 Å². The Balaban J connectivity index is 1.93. The van der Waals surface area contributed by atoms with Crippen molar-refractivity contribution in [1.29, 1.82) is 0 Å². The number of aromatic nitrogens is 2. The van der Waals surface area contributed by atoms with Gasteiger partial charge in [-0.25, -0.2) is 9.97 Å². The Morgan fingerprint density at radius 2 is 1.90 bits per heavy atom. The second-order valence-electron chi connectivity index (χ2n) is 6.30. The SMILES string of the molecule is CC(C)C1CCCCC1Nc1nc(Cl)nc2ccccc12. The Labute approximate surface area is 131 Å². The maximum absolute atomic E-state index is 6.08. The number of para-hydroxylation sites is 1. The number of benzene rings is 1. The maximum Gasteiger partial charge on any atom is 0.224 e. The molecule has 0 radical (unpaired) electrons. The molecule has 1 heterocycles. The van der Waals surface area contributed by atoms with Crippen LogP contribution in [-0.4, -0.2) is 16.0 Å². The topological polar surface area (TPSA) is 37.8 Å². The minimum absolute atomic E-state index is 0.313. The molecule has 0 aliphatic heterocycles. The van der Waals surface area contributed by atoms with Crippen molar-refractivity contribution in [3.63, 3.8) is 0 Å². The van der Waals surface area contributed by atoms with Crippen LogP contribution in [0.4, 0.5) is 5.82 Å². The third kappa shape index (κ3) is 3.13. The van der Waals surface area contributed by atoms with Crippen molar-refractivity contribution in [3.8, 4) is 0 Å². The number of anilines is 1. The Morgan fingerprint density at radius 1 is 1.14 bits per heavy atom. The summed E-state index contributed by atoms with van der Waals surface area (Å²) in [7, 11) is 0. The van der Waals surface area contributed by atoms with Crippen LogP contribution in [-0.2, 0) is 0 Å². The Bertz CT molecular complexity index is 626. The molecule has 3 rings (SSSR count). The molecule has 1 saturated carbocycles. The van der Waals surface area contributed by atoms with Crippen LogP contribution in [0.1, 0.15) is 39.5 Å². The molecule has 1 aliphatic carbocycles. The van der Waals surface area contributed by atoms with E-state index >= 15 is 0 Å². The van der Waals surface area contributed by atoms with Crippen molar-refractivity contribution in [2.24, 2.45) is 11.8 Å². The van der Waals surface area contributed by atoms with Crippen molar-refractivity contribution >= 4 is 28.3 Å². The largest absolute Gasteiger partial charge is 0.366 e. The van der Waals surface area contributed by atoms with Gasteiger partial charge < -0.3 is 5.32 Å². The van der Waals surface area contributed by atoms with E-state index in [1.807, 2.05) is 18.2 Å². The number of halogens is 1. The average Bonchev–Trinajstić information content (AvgIpc) is 2.47. The molecule has 1 aliphatic rings. The van der Waals surface area contributed by atoms with E-state index in [1.54, 1.807) is 0 Å². The minimum Gasteiger partial charge on any atom is -0.366 e. The Kier molecular flexibility index (Phi) is 4.29. The van der Waals surface area contributed by atoms with Crippen molar-refractivity contribution < 1.29 is 0 Å². The summed E-state index contributed by atoms with van der Waals surface area (Å²) in [6, 6.07) is 8.52. The van der Waals surface area contributed by atoms with Gasteiger partial charge in [-0.15, -0.1) is 0 Å². The third-order valence-corrected chi connectivity index (χ3v) is 4.74. The van der Waals surface area contributed by atoms with Crippen LogP contribution in [0, 0.1) is 11.8 Å². The zero-order valence-corrected chi connectivity index (χ0v) is 13.4. The molecule has 21 heavy (non-hydrogen) atoms. The fourth-order valence-electron chi connectivity index (χ4n) is 3.47. The van der Waals surface area contributed by atoms with Gasteiger partial charge in [-0.3, -0.25) is 0 Å². The Hall–Kier alpha value is -1.35. The second kappa shape index (κ2) is 6.18. The third-order valence-electron chi connectivity index (χ3n) is 4.57. The average molecular weight is 304 g/mol. The summed E-state index contributed by atoms with van der Waals surface area (Å²) in [4.78, 5) is 8.73. The van der Waals surface area contributed by atoms with E-state index in [0.29, 0.717) is 23.2 Å². The van der Waals surface area contributed by atoms with Gasteiger partial charge in [0.05, 0.1) is 5.52 Å². The van der Waals surface area contributed by atoms with Gasteiger partial charge in [0.15, 0.2) is 0 Å². The first kappa shape index (κ1) is 14.6. The number of nitrogens with one attached hydrogen (secondary N) is 1. The van der Waals surface area contributed by atoms with Gasteiger partial charge in [0.2, 0.25) is 5.28 Å². The highest BCUT2D eigenvalue weighted by atomic mass is 35.5. The van der Waals surface area contributed by atoms with E-state index in [4.69, 9.17) is 11.6 Å². The van der Waals surface area contributed by atoms with E-state index in [0.717, 1.165) is 16.7 Å². The van der Waals surface area contributed by atoms with Crippen molar-refractivity contribution in [1.82, 2.24) is 9.97 Å². The number of hydrogen-bond donors (Lipinski definition) is 1. The summed E-state index contributed by atoms with van der Waals surface area (Å²) in [5, 5.41) is 5.02. The highest BCUT2D eigenvalue weighted by Crippen LogP contribution is 2.33. The predicted octanol–water partition coefficient (Wildman–Crippen LogP) is 4.91. The van der Waals surface area contributed by atoms with Crippen LogP contribution in [0.15, 0.2) is 24.3 Å².